The van der Waals surface area contributed by atoms with Gasteiger partial charge in [0, 0.05) is 39.7 Å². The molecule has 0 saturated carbocycles. The van der Waals surface area contributed by atoms with Crippen LogP contribution in [0.3, 0.4) is 0 Å². The number of hydrogen-bond acceptors (Lipinski definition) is 4. The number of benzene rings is 4. The lowest BCUT2D eigenvalue weighted by molar-refractivity contribution is 0.488. The Hall–Kier alpha value is -4.70. The van der Waals surface area contributed by atoms with Gasteiger partial charge in [-0.2, -0.15) is 0 Å². The Balaban J connectivity index is 1.38. The van der Waals surface area contributed by atoms with Crippen molar-refractivity contribution < 1.29 is 9.15 Å². The van der Waals surface area contributed by atoms with Gasteiger partial charge in [-0.1, -0.05) is 77.9 Å². The van der Waals surface area contributed by atoms with Crippen molar-refractivity contribution in [2.45, 2.75) is 52.4 Å². The lowest BCUT2D eigenvalue weighted by Gasteiger charge is -2.20. The van der Waals surface area contributed by atoms with E-state index in [9.17, 15) is 0 Å². The van der Waals surface area contributed by atoms with E-state index in [4.69, 9.17) is 19.1 Å². The predicted molar refractivity (Wildman–Crippen MR) is 173 cm³/mol. The molecule has 3 heterocycles. The fraction of sp³-hybridized carbons (Fsp3) is 0.211. The van der Waals surface area contributed by atoms with E-state index < -0.39 is 0 Å². The van der Waals surface area contributed by atoms with Gasteiger partial charge in [0.1, 0.15) is 22.7 Å². The maximum atomic E-state index is 6.71. The van der Waals surface area contributed by atoms with Crippen LogP contribution in [0.4, 0.5) is 0 Å². The molecule has 0 unspecified atom stereocenters. The molecule has 42 heavy (non-hydrogen) atoms. The second-order valence-corrected chi connectivity index (χ2v) is 13.2. The van der Waals surface area contributed by atoms with E-state index in [-0.39, 0.29) is 10.8 Å². The predicted octanol–water partition coefficient (Wildman–Crippen LogP) is 10.7. The summed E-state index contributed by atoms with van der Waals surface area (Å²) in [6.07, 6.45) is 3.86. The first-order valence-corrected chi connectivity index (χ1v) is 14.5. The summed E-state index contributed by atoms with van der Waals surface area (Å²) in [5.74, 6) is 1.52. The highest BCUT2D eigenvalue weighted by Crippen LogP contribution is 2.46. The van der Waals surface area contributed by atoms with Gasteiger partial charge >= 0.3 is 0 Å². The van der Waals surface area contributed by atoms with Crippen molar-refractivity contribution >= 4 is 32.7 Å². The summed E-state index contributed by atoms with van der Waals surface area (Å²) in [6, 6.07) is 29.2. The molecule has 0 atom stereocenters. The highest BCUT2D eigenvalue weighted by molar-refractivity contribution is 6.25. The Morgan fingerprint density at radius 1 is 0.667 bits per heavy atom. The van der Waals surface area contributed by atoms with Crippen LogP contribution in [0, 0.1) is 0 Å². The zero-order valence-electron chi connectivity index (χ0n) is 24.9. The molecule has 0 aliphatic heterocycles. The van der Waals surface area contributed by atoms with E-state index >= 15 is 0 Å². The van der Waals surface area contributed by atoms with Gasteiger partial charge in [0.05, 0.1) is 11.4 Å². The molecule has 0 bridgehead atoms. The summed E-state index contributed by atoms with van der Waals surface area (Å²) >= 11 is 0. The van der Waals surface area contributed by atoms with Crippen LogP contribution >= 0.6 is 0 Å². The van der Waals surface area contributed by atoms with Gasteiger partial charge in [-0.25, -0.2) is 0 Å². The molecule has 0 spiro atoms. The van der Waals surface area contributed by atoms with Crippen LogP contribution in [-0.4, -0.2) is 9.97 Å². The highest BCUT2D eigenvalue weighted by Gasteiger charge is 2.23. The minimum atomic E-state index is -0.00907. The molecule has 7 rings (SSSR count). The molecule has 0 N–H and O–H groups in total. The average Bonchev–Trinajstić information content (AvgIpc) is 3.37. The van der Waals surface area contributed by atoms with E-state index in [0.717, 1.165) is 66.7 Å². The summed E-state index contributed by atoms with van der Waals surface area (Å²) in [7, 11) is 0. The maximum Gasteiger partial charge on any atom is 0.145 e. The van der Waals surface area contributed by atoms with Crippen molar-refractivity contribution in [3.05, 3.63) is 108 Å². The second kappa shape index (κ2) is 9.42. The van der Waals surface area contributed by atoms with Gasteiger partial charge < -0.3 is 9.15 Å². The molecule has 3 aromatic heterocycles. The summed E-state index contributed by atoms with van der Waals surface area (Å²) in [5, 5.41) is 4.33. The maximum absolute atomic E-state index is 6.71. The van der Waals surface area contributed by atoms with E-state index in [2.05, 4.69) is 102 Å². The lowest BCUT2D eigenvalue weighted by Crippen LogP contribution is -2.11. The Bertz CT molecular complexity index is 2070. The monoisotopic (exact) mass is 550 g/mol. The van der Waals surface area contributed by atoms with Crippen molar-refractivity contribution in [2.75, 3.05) is 0 Å². The number of furan rings is 1. The van der Waals surface area contributed by atoms with Crippen molar-refractivity contribution in [1.29, 1.82) is 0 Å². The van der Waals surface area contributed by atoms with Crippen molar-refractivity contribution in [1.82, 2.24) is 9.97 Å². The molecule has 0 radical (unpaired) electrons. The third kappa shape index (κ3) is 4.48. The number of ether oxygens (including phenoxy) is 1. The fourth-order valence-corrected chi connectivity index (χ4v) is 5.67. The Kier molecular flexibility index (Phi) is 5.88. The summed E-state index contributed by atoms with van der Waals surface area (Å²) in [5.41, 5.74) is 7.88. The molecule has 0 saturated heterocycles. The number of nitrogens with zero attached hydrogens (tertiary/aromatic N) is 2. The topological polar surface area (TPSA) is 48.2 Å². The highest BCUT2D eigenvalue weighted by atomic mass is 16.5. The number of aromatic nitrogens is 2. The number of rotatable bonds is 4. The van der Waals surface area contributed by atoms with Crippen LogP contribution in [0.5, 0.6) is 11.5 Å². The Morgan fingerprint density at radius 3 is 2.24 bits per heavy atom. The minimum Gasteiger partial charge on any atom is -0.457 e. The van der Waals surface area contributed by atoms with Crippen LogP contribution in [0.15, 0.2) is 102 Å². The van der Waals surface area contributed by atoms with Crippen molar-refractivity contribution in [3.63, 3.8) is 0 Å². The molecule has 0 aliphatic rings. The third-order valence-corrected chi connectivity index (χ3v) is 8.12. The van der Waals surface area contributed by atoms with E-state index in [1.54, 1.807) is 0 Å². The normalized spacial score (nSPS) is 12.5. The zero-order chi connectivity index (χ0) is 29.2. The van der Waals surface area contributed by atoms with Crippen LogP contribution < -0.4 is 4.74 Å². The molecular weight excluding hydrogens is 516 g/mol. The molecule has 0 aliphatic carbocycles. The molecule has 7 aromatic rings. The van der Waals surface area contributed by atoms with E-state index in [1.165, 1.54) is 11.1 Å². The molecule has 4 aromatic carbocycles. The van der Waals surface area contributed by atoms with Gasteiger partial charge in [0.25, 0.3) is 0 Å². The smallest absolute Gasteiger partial charge is 0.145 e. The van der Waals surface area contributed by atoms with Gasteiger partial charge in [0.15, 0.2) is 0 Å². The summed E-state index contributed by atoms with van der Waals surface area (Å²) < 4.78 is 13.2. The van der Waals surface area contributed by atoms with Gasteiger partial charge in [-0.05, 0) is 75.9 Å². The lowest BCUT2D eigenvalue weighted by atomic mass is 9.86. The Labute approximate surface area is 246 Å². The Morgan fingerprint density at radius 2 is 1.48 bits per heavy atom. The molecule has 0 fully saturated rings. The first kappa shape index (κ1) is 26.2. The SMILES string of the molecule is CC(C)(C)c1ccc(-c2cccc(Oc3cc(-c4cc(C(C)(C)C)ccn4)c4oc5cccc6ccc3c4c65)c2)nc1. The second-order valence-electron chi connectivity index (χ2n) is 13.2. The quantitative estimate of drug-likeness (QED) is 0.205. The van der Waals surface area contributed by atoms with Gasteiger partial charge in [-0.3, -0.25) is 9.97 Å². The first-order valence-electron chi connectivity index (χ1n) is 14.5. The van der Waals surface area contributed by atoms with Crippen molar-refractivity contribution in [2.24, 2.45) is 0 Å². The minimum absolute atomic E-state index is 0.00907. The van der Waals surface area contributed by atoms with Crippen LogP contribution in [0.25, 0.3) is 55.2 Å². The zero-order valence-corrected chi connectivity index (χ0v) is 24.9. The van der Waals surface area contributed by atoms with Crippen LogP contribution in [0.2, 0.25) is 0 Å². The third-order valence-electron chi connectivity index (χ3n) is 8.12. The van der Waals surface area contributed by atoms with Crippen LogP contribution in [-0.2, 0) is 10.8 Å². The molecule has 4 nitrogen and oxygen atoms in total. The molecule has 208 valence electrons. The molecule has 4 heteroatoms. The summed E-state index contributed by atoms with van der Waals surface area (Å²) in [6.45, 7) is 13.2. The van der Waals surface area contributed by atoms with Crippen molar-refractivity contribution in [3.8, 4) is 34.0 Å². The largest absolute Gasteiger partial charge is 0.457 e. The molecular formula is C38H34N2O2. The van der Waals surface area contributed by atoms with Crippen LogP contribution in [0.1, 0.15) is 52.7 Å². The van der Waals surface area contributed by atoms with Gasteiger partial charge in [0.2, 0.25) is 0 Å². The summed E-state index contributed by atoms with van der Waals surface area (Å²) in [4.78, 5) is 9.57. The first-order chi connectivity index (χ1) is 20.1. The number of hydrogen-bond donors (Lipinski definition) is 0. The fourth-order valence-electron chi connectivity index (χ4n) is 5.67. The van der Waals surface area contributed by atoms with Gasteiger partial charge in [-0.15, -0.1) is 0 Å². The average molecular weight is 551 g/mol. The molecule has 0 amide bonds. The number of pyridine rings is 2. The van der Waals surface area contributed by atoms with E-state index in [1.807, 2.05) is 36.7 Å². The standard InChI is InChI=1S/C38H34N2O2/c1-37(2,3)25-17-18-39-31(20-25)29-21-33(28-15-13-23-9-8-12-32-34(23)35(28)36(29)42-32)41-27-11-7-10-24(19-27)30-16-14-26(22-40-30)38(4,5)6/h7-22H,1-6H3. The van der Waals surface area contributed by atoms with E-state index in [0.29, 0.717) is 0 Å².